The van der Waals surface area contributed by atoms with Gasteiger partial charge in [0, 0.05) is 6.42 Å². The zero-order valence-electron chi connectivity index (χ0n) is 11.4. The Morgan fingerprint density at radius 2 is 1.79 bits per heavy atom. The Balaban J connectivity index is 1.74. The molecule has 1 aromatic rings. The van der Waals surface area contributed by atoms with Gasteiger partial charge in [-0.05, 0) is 61.3 Å². The molecule has 1 saturated carbocycles. The molecule has 0 spiro atoms. The number of fused-ring (bicyclic) bond motifs is 1. The fourth-order valence-corrected chi connectivity index (χ4v) is 3.43. The van der Waals surface area contributed by atoms with Crippen LogP contribution in [0.5, 0.6) is 5.75 Å². The molecule has 0 bridgehead atoms. The lowest BCUT2D eigenvalue weighted by molar-refractivity contribution is -0.115. The molecule has 0 aromatic heterocycles. The second-order valence-corrected chi connectivity index (χ2v) is 5.67. The topological polar surface area (TPSA) is 26.3 Å². The Morgan fingerprint density at radius 3 is 2.53 bits per heavy atom. The van der Waals surface area contributed by atoms with Crippen LogP contribution in [0.1, 0.15) is 43.6 Å². The van der Waals surface area contributed by atoms with Gasteiger partial charge in [-0.2, -0.15) is 0 Å². The standard InChI is InChI=1S/C17H20O2/c1-19-17-8-5-12(6-9-17)13-2-3-15-11-16(18)7-4-14(15)10-13/h5-6,8-9,11,13-14H,2-4,7,10H2,1H3/t13-,14-/m1/s1. The predicted molar refractivity (Wildman–Crippen MR) is 75.4 cm³/mol. The van der Waals surface area contributed by atoms with Crippen molar-refractivity contribution in [3.63, 3.8) is 0 Å². The fourth-order valence-electron chi connectivity index (χ4n) is 3.43. The number of ether oxygens (including phenoxy) is 1. The maximum absolute atomic E-state index is 11.4. The summed E-state index contributed by atoms with van der Waals surface area (Å²) in [7, 11) is 1.70. The van der Waals surface area contributed by atoms with Crippen molar-refractivity contribution in [2.24, 2.45) is 5.92 Å². The number of benzene rings is 1. The van der Waals surface area contributed by atoms with Gasteiger partial charge in [0.25, 0.3) is 0 Å². The quantitative estimate of drug-likeness (QED) is 0.803. The highest BCUT2D eigenvalue weighted by atomic mass is 16.5. The Labute approximate surface area is 114 Å². The molecule has 0 saturated heterocycles. The molecule has 2 atom stereocenters. The van der Waals surface area contributed by atoms with Gasteiger partial charge in [0.15, 0.2) is 5.78 Å². The summed E-state index contributed by atoms with van der Waals surface area (Å²) < 4.78 is 5.21. The van der Waals surface area contributed by atoms with Crippen LogP contribution in [0.25, 0.3) is 0 Å². The number of hydrogen-bond donors (Lipinski definition) is 0. The summed E-state index contributed by atoms with van der Waals surface area (Å²) >= 11 is 0. The molecular weight excluding hydrogens is 236 g/mol. The highest BCUT2D eigenvalue weighted by Crippen LogP contribution is 2.43. The summed E-state index contributed by atoms with van der Waals surface area (Å²) in [6.07, 6.45) is 7.17. The van der Waals surface area contributed by atoms with Gasteiger partial charge in [-0.1, -0.05) is 17.7 Å². The summed E-state index contributed by atoms with van der Waals surface area (Å²) in [5.41, 5.74) is 2.82. The van der Waals surface area contributed by atoms with E-state index in [4.69, 9.17) is 4.74 Å². The van der Waals surface area contributed by atoms with Crippen molar-refractivity contribution in [1.29, 1.82) is 0 Å². The van der Waals surface area contributed by atoms with E-state index in [1.165, 1.54) is 24.0 Å². The Hall–Kier alpha value is -1.57. The van der Waals surface area contributed by atoms with Gasteiger partial charge in [0.2, 0.25) is 0 Å². The summed E-state index contributed by atoms with van der Waals surface area (Å²) in [6, 6.07) is 8.47. The van der Waals surface area contributed by atoms with Crippen LogP contribution in [-0.2, 0) is 4.79 Å². The molecule has 0 N–H and O–H groups in total. The van der Waals surface area contributed by atoms with Crippen molar-refractivity contribution in [2.75, 3.05) is 7.11 Å². The molecule has 1 fully saturated rings. The first-order valence-electron chi connectivity index (χ1n) is 7.13. The molecule has 2 aliphatic rings. The third kappa shape index (κ3) is 2.58. The molecule has 100 valence electrons. The lowest BCUT2D eigenvalue weighted by Gasteiger charge is -2.34. The van der Waals surface area contributed by atoms with Gasteiger partial charge in [-0.25, -0.2) is 0 Å². The highest BCUT2D eigenvalue weighted by molar-refractivity contribution is 5.91. The average Bonchev–Trinajstić information content (AvgIpc) is 2.47. The third-order valence-corrected chi connectivity index (χ3v) is 4.55. The van der Waals surface area contributed by atoms with E-state index in [2.05, 4.69) is 12.1 Å². The van der Waals surface area contributed by atoms with Crippen LogP contribution in [0.2, 0.25) is 0 Å². The van der Waals surface area contributed by atoms with Crippen molar-refractivity contribution in [2.45, 2.75) is 38.0 Å². The molecule has 3 rings (SSSR count). The van der Waals surface area contributed by atoms with Gasteiger partial charge in [0.1, 0.15) is 5.75 Å². The van der Waals surface area contributed by atoms with Crippen LogP contribution in [0.4, 0.5) is 0 Å². The second kappa shape index (κ2) is 5.20. The van der Waals surface area contributed by atoms with E-state index in [1.807, 2.05) is 18.2 Å². The minimum absolute atomic E-state index is 0.328. The molecule has 1 aromatic carbocycles. The summed E-state index contributed by atoms with van der Waals surface area (Å²) in [4.78, 5) is 11.4. The number of ketones is 1. The molecule has 2 nitrogen and oxygen atoms in total. The van der Waals surface area contributed by atoms with Crippen LogP contribution < -0.4 is 4.74 Å². The lowest BCUT2D eigenvalue weighted by Crippen LogP contribution is -2.21. The predicted octanol–water partition coefficient (Wildman–Crippen LogP) is 3.87. The molecule has 19 heavy (non-hydrogen) atoms. The van der Waals surface area contributed by atoms with E-state index in [0.29, 0.717) is 17.6 Å². The molecule has 0 heterocycles. The van der Waals surface area contributed by atoms with Crippen LogP contribution in [0, 0.1) is 5.92 Å². The first-order valence-corrected chi connectivity index (χ1v) is 7.13. The molecular formula is C17H20O2. The van der Waals surface area contributed by atoms with Gasteiger partial charge >= 0.3 is 0 Å². The SMILES string of the molecule is COc1ccc([C@@H]2CCC3=CC(=O)CC[C@@H]3C2)cc1. The first-order chi connectivity index (χ1) is 9.26. The van der Waals surface area contributed by atoms with E-state index in [0.717, 1.165) is 25.0 Å². The van der Waals surface area contributed by atoms with Crippen molar-refractivity contribution in [1.82, 2.24) is 0 Å². The minimum atomic E-state index is 0.328. The number of methoxy groups -OCH3 is 1. The number of carbonyl (C=O) groups excluding carboxylic acids is 1. The average molecular weight is 256 g/mol. The smallest absolute Gasteiger partial charge is 0.155 e. The van der Waals surface area contributed by atoms with E-state index in [-0.39, 0.29) is 0 Å². The Kier molecular flexibility index (Phi) is 3.41. The van der Waals surface area contributed by atoms with Crippen LogP contribution in [0.3, 0.4) is 0 Å². The van der Waals surface area contributed by atoms with Gasteiger partial charge in [-0.15, -0.1) is 0 Å². The third-order valence-electron chi connectivity index (χ3n) is 4.55. The maximum atomic E-state index is 11.4. The summed E-state index contributed by atoms with van der Waals surface area (Å²) in [5.74, 6) is 2.53. The molecule has 0 amide bonds. The largest absolute Gasteiger partial charge is 0.497 e. The first kappa shape index (κ1) is 12.5. The Morgan fingerprint density at radius 1 is 1.05 bits per heavy atom. The summed E-state index contributed by atoms with van der Waals surface area (Å²) in [6.45, 7) is 0. The van der Waals surface area contributed by atoms with E-state index >= 15 is 0 Å². The molecule has 0 aliphatic heterocycles. The van der Waals surface area contributed by atoms with Crippen LogP contribution in [0.15, 0.2) is 35.9 Å². The molecule has 0 radical (unpaired) electrons. The molecule has 0 unspecified atom stereocenters. The van der Waals surface area contributed by atoms with Crippen LogP contribution >= 0.6 is 0 Å². The van der Waals surface area contributed by atoms with Crippen molar-refractivity contribution in [3.05, 3.63) is 41.5 Å². The molecule has 2 heteroatoms. The highest BCUT2D eigenvalue weighted by Gasteiger charge is 2.29. The minimum Gasteiger partial charge on any atom is -0.497 e. The van der Waals surface area contributed by atoms with Gasteiger partial charge in [-0.3, -0.25) is 4.79 Å². The number of hydrogen-bond acceptors (Lipinski definition) is 2. The monoisotopic (exact) mass is 256 g/mol. The lowest BCUT2D eigenvalue weighted by atomic mass is 9.71. The number of rotatable bonds is 2. The second-order valence-electron chi connectivity index (χ2n) is 5.67. The van der Waals surface area contributed by atoms with E-state index < -0.39 is 0 Å². The van der Waals surface area contributed by atoms with Crippen molar-refractivity contribution >= 4 is 5.78 Å². The van der Waals surface area contributed by atoms with Gasteiger partial charge < -0.3 is 4.74 Å². The van der Waals surface area contributed by atoms with Crippen LogP contribution in [-0.4, -0.2) is 12.9 Å². The van der Waals surface area contributed by atoms with E-state index in [9.17, 15) is 4.79 Å². The van der Waals surface area contributed by atoms with E-state index in [1.54, 1.807) is 7.11 Å². The molecule has 2 aliphatic carbocycles. The Bertz CT molecular complexity index is 498. The van der Waals surface area contributed by atoms with Gasteiger partial charge in [0.05, 0.1) is 7.11 Å². The zero-order valence-corrected chi connectivity index (χ0v) is 11.4. The number of carbonyl (C=O) groups is 1. The van der Waals surface area contributed by atoms with Crippen molar-refractivity contribution in [3.8, 4) is 5.75 Å². The normalized spacial score (nSPS) is 26.6. The van der Waals surface area contributed by atoms with Crippen molar-refractivity contribution < 1.29 is 9.53 Å². The number of allylic oxidation sites excluding steroid dienone is 2. The summed E-state index contributed by atoms with van der Waals surface area (Å²) in [5, 5.41) is 0. The fraction of sp³-hybridized carbons (Fsp3) is 0.471. The maximum Gasteiger partial charge on any atom is 0.155 e. The zero-order chi connectivity index (χ0) is 13.2.